The van der Waals surface area contributed by atoms with E-state index in [1.807, 2.05) is 69.3 Å². The summed E-state index contributed by atoms with van der Waals surface area (Å²) in [5.74, 6) is 1.50. The molecule has 0 atom stereocenters. The van der Waals surface area contributed by atoms with Crippen LogP contribution in [0.1, 0.15) is 37.5 Å². The van der Waals surface area contributed by atoms with E-state index in [-0.39, 0.29) is 11.8 Å². The lowest BCUT2D eigenvalue weighted by Gasteiger charge is -2.12. The average molecular weight is 433 g/mol. The summed E-state index contributed by atoms with van der Waals surface area (Å²) in [6.45, 7) is 7.51. The Labute approximate surface area is 180 Å². The maximum Gasteiger partial charge on any atom is 0.216 e. The molecule has 0 aromatic heterocycles. The highest BCUT2D eigenvalue weighted by atomic mass is 32.2. The van der Waals surface area contributed by atoms with Crippen LogP contribution in [-0.2, 0) is 28.9 Å². The molecule has 0 amide bonds. The van der Waals surface area contributed by atoms with Crippen LogP contribution in [0.25, 0.3) is 0 Å². The molecule has 2 aromatic rings. The third-order valence-electron chi connectivity index (χ3n) is 4.15. The fourth-order valence-electron chi connectivity index (χ4n) is 2.84. The van der Waals surface area contributed by atoms with Crippen LogP contribution in [0, 0.1) is 0 Å². The van der Waals surface area contributed by atoms with Crippen LogP contribution < -0.4 is 20.1 Å². The lowest BCUT2D eigenvalue weighted by Crippen LogP contribution is -2.36. The van der Waals surface area contributed by atoms with Gasteiger partial charge in [0, 0.05) is 19.1 Å². The van der Waals surface area contributed by atoms with Crippen molar-refractivity contribution in [1.82, 2.24) is 15.4 Å². The number of hydrogen-bond acceptors (Lipinski definition) is 4. The van der Waals surface area contributed by atoms with Crippen LogP contribution in [0.2, 0.25) is 0 Å². The van der Waals surface area contributed by atoms with Gasteiger partial charge in [-0.25, -0.2) is 18.1 Å². The molecule has 0 spiro atoms. The molecule has 0 aliphatic rings. The largest absolute Gasteiger partial charge is 0.497 e. The Hall–Kier alpha value is -2.58. The van der Waals surface area contributed by atoms with Gasteiger partial charge >= 0.3 is 0 Å². The van der Waals surface area contributed by atoms with Crippen molar-refractivity contribution in [1.29, 1.82) is 0 Å². The van der Waals surface area contributed by atoms with Crippen molar-refractivity contribution >= 4 is 16.0 Å². The first-order valence-electron chi connectivity index (χ1n) is 10.0. The van der Waals surface area contributed by atoms with Crippen molar-refractivity contribution in [2.75, 3.05) is 13.7 Å². The van der Waals surface area contributed by atoms with E-state index < -0.39 is 10.0 Å². The molecule has 0 fully saturated rings. The van der Waals surface area contributed by atoms with Gasteiger partial charge in [0.2, 0.25) is 10.0 Å². The maximum absolute atomic E-state index is 12.1. The first-order chi connectivity index (χ1) is 14.3. The van der Waals surface area contributed by atoms with Crippen molar-refractivity contribution in [2.45, 2.75) is 45.7 Å². The van der Waals surface area contributed by atoms with E-state index in [1.54, 1.807) is 7.11 Å². The highest BCUT2D eigenvalue weighted by Gasteiger charge is 2.12. The molecule has 7 nitrogen and oxygen atoms in total. The summed E-state index contributed by atoms with van der Waals surface area (Å²) < 4.78 is 32.0. The van der Waals surface area contributed by atoms with Crippen LogP contribution in [0.4, 0.5) is 0 Å². The molecule has 164 valence electrons. The number of aliphatic imine (C=N–C) groups is 1. The second-order valence-electron chi connectivity index (χ2n) is 7.25. The van der Waals surface area contributed by atoms with E-state index in [1.165, 1.54) is 0 Å². The second kappa shape index (κ2) is 11.6. The van der Waals surface area contributed by atoms with Crippen molar-refractivity contribution in [3.05, 3.63) is 65.2 Å². The predicted octanol–water partition coefficient (Wildman–Crippen LogP) is 2.78. The van der Waals surface area contributed by atoms with E-state index in [9.17, 15) is 8.42 Å². The summed E-state index contributed by atoms with van der Waals surface area (Å²) in [7, 11) is -1.67. The molecule has 3 N–H and O–H groups in total. The lowest BCUT2D eigenvalue weighted by molar-refractivity contribution is 0.414. The average Bonchev–Trinajstić information content (AvgIpc) is 2.70. The molecular weight excluding hydrogens is 400 g/mol. The van der Waals surface area contributed by atoms with Gasteiger partial charge in [0.1, 0.15) is 5.75 Å². The molecular formula is C22H32N4O3S. The summed E-state index contributed by atoms with van der Waals surface area (Å²) in [5.41, 5.74) is 2.86. The summed E-state index contributed by atoms with van der Waals surface area (Å²) in [4.78, 5) is 4.62. The van der Waals surface area contributed by atoms with E-state index >= 15 is 0 Å². The number of nitrogens with one attached hydrogen (secondary N) is 3. The zero-order valence-electron chi connectivity index (χ0n) is 18.1. The van der Waals surface area contributed by atoms with Gasteiger partial charge in [-0.1, -0.05) is 36.4 Å². The minimum atomic E-state index is -3.32. The van der Waals surface area contributed by atoms with Gasteiger partial charge in [-0.3, -0.25) is 0 Å². The van der Waals surface area contributed by atoms with E-state index in [2.05, 4.69) is 20.3 Å². The summed E-state index contributed by atoms with van der Waals surface area (Å²) in [6, 6.07) is 15.3. The number of benzene rings is 2. The van der Waals surface area contributed by atoms with Crippen molar-refractivity contribution < 1.29 is 13.2 Å². The van der Waals surface area contributed by atoms with Crippen molar-refractivity contribution in [3.8, 4) is 5.75 Å². The molecule has 0 aliphatic heterocycles. The number of sulfonamides is 1. The van der Waals surface area contributed by atoms with Gasteiger partial charge < -0.3 is 15.4 Å². The first kappa shape index (κ1) is 23.7. The summed E-state index contributed by atoms with van der Waals surface area (Å²) in [5, 5.41) is 6.54. The Morgan fingerprint density at radius 2 is 1.73 bits per heavy atom. The molecule has 0 heterocycles. The van der Waals surface area contributed by atoms with Crippen molar-refractivity contribution in [3.63, 3.8) is 0 Å². The third kappa shape index (κ3) is 8.42. The van der Waals surface area contributed by atoms with E-state index in [0.717, 1.165) is 29.0 Å². The smallest absolute Gasteiger partial charge is 0.216 e. The summed E-state index contributed by atoms with van der Waals surface area (Å²) in [6.07, 6.45) is 0. The van der Waals surface area contributed by atoms with Gasteiger partial charge in [-0.05, 0) is 49.6 Å². The molecule has 0 unspecified atom stereocenters. The minimum absolute atomic E-state index is 0.0243. The van der Waals surface area contributed by atoms with Crippen LogP contribution >= 0.6 is 0 Å². The monoisotopic (exact) mass is 432 g/mol. The Morgan fingerprint density at radius 1 is 1.03 bits per heavy atom. The van der Waals surface area contributed by atoms with Gasteiger partial charge in [-0.2, -0.15) is 0 Å². The highest BCUT2D eigenvalue weighted by Crippen LogP contribution is 2.13. The molecule has 0 radical (unpaired) electrons. The molecule has 0 aliphatic carbocycles. The number of rotatable bonds is 10. The first-order valence-corrected chi connectivity index (χ1v) is 11.7. The fraction of sp³-hybridized carbons (Fsp3) is 0.409. The zero-order chi connectivity index (χ0) is 22.0. The zero-order valence-corrected chi connectivity index (χ0v) is 18.9. The Morgan fingerprint density at radius 3 is 2.37 bits per heavy atom. The van der Waals surface area contributed by atoms with Gasteiger partial charge in [0.25, 0.3) is 0 Å². The minimum Gasteiger partial charge on any atom is -0.497 e. The van der Waals surface area contributed by atoms with E-state index in [0.29, 0.717) is 19.0 Å². The molecule has 2 aromatic carbocycles. The Bertz CT molecular complexity index is 926. The number of ether oxygens (including phenoxy) is 1. The molecule has 0 saturated heterocycles. The van der Waals surface area contributed by atoms with Crippen molar-refractivity contribution in [2.24, 2.45) is 4.99 Å². The molecule has 30 heavy (non-hydrogen) atoms. The van der Waals surface area contributed by atoms with Gasteiger partial charge in [0.15, 0.2) is 5.96 Å². The van der Waals surface area contributed by atoms with Gasteiger partial charge in [0.05, 0.1) is 19.4 Å². The summed E-state index contributed by atoms with van der Waals surface area (Å²) >= 11 is 0. The number of nitrogens with zero attached hydrogens (tertiary/aromatic N) is 1. The maximum atomic E-state index is 12.1. The Balaban J connectivity index is 1.95. The molecule has 8 heteroatoms. The Kier molecular flexibility index (Phi) is 9.14. The number of guanidine groups is 1. The SMILES string of the molecule is CCNC(=NCc1cccc(OC)c1)NCc1ccc(CS(=O)(=O)NC(C)C)cc1. The third-order valence-corrected chi connectivity index (χ3v) is 5.70. The normalized spacial score (nSPS) is 12.1. The number of hydrogen-bond donors (Lipinski definition) is 3. The van der Waals surface area contributed by atoms with Crippen LogP contribution in [0.5, 0.6) is 5.75 Å². The van der Waals surface area contributed by atoms with Gasteiger partial charge in [-0.15, -0.1) is 0 Å². The second-order valence-corrected chi connectivity index (χ2v) is 9.00. The molecule has 0 bridgehead atoms. The van der Waals surface area contributed by atoms with Crippen LogP contribution in [0.15, 0.2) is 53.5 Å². The highest BCUT2D eigenvalue weighted by molar-refractivity contribution is 7.88. The molecule has 0 saturated carbocycles. The van der Waals surface area contributed by atoms with E-state index in [4.69, 9.17) is 4.74 Å². The molecule has 2 rings (SSSR count). The van der Waals surface area contributed by atoms with Crippen LogP contribution in [0.3, 0.4) is 0 Å². The lowest BCUT2D eigenvalue weighted by atomic mass is 10.1. The quantitative estimate of drug-likeness (QED) is 0.397. The fourth-order valence-corrected chi connectivity index (χ4v) is 4.28. The number of methoxy groups -OCH3 is 1. The standard InChI is InChI=1S/C22H32N4O3S/c1-5-23-22(25-15-20-7-6-8-21(13-20)29-4)24-14-18-9-11-19(12-10-18)16-30(27,28)26-17(2)3/h6-13,17,26H,5,14-16H2,1-4H3,(H2,23,24,25). The van der Waals surface area contributed by atoms with Crippen LogP contribution in [-0.4, -0.2) is 34.1 Å². The topological polar surface area (TPSA) is 91.8 Å². The predicted molar refractivity (Wildman–Crippen MR) is 122 cm³/mol.